The van der Waals surface area contributed by atoms with Gasteiger partial charge in [0.05, 0.1) is 31.9 Å². The van der Waals surface area contributed by atoms with Crippen molar-refractivity contribution in [1.82, 2.24) is 14.7 Å². The fraction of sp³-hybridized carbons (Fsp3) is 0.458. The molecule has 0 spiro atoms. The molecular formula is C24H32ClN3O4. The fourth-order valence-electron chi connectivity index (χ4n) is 3.37. The summed E-state index contributed by atoms with van der Waals surface area (Å²) in [5.74, 6) is -0.977. The molecule has 2 aromatic rings. The Labute approximate surface area is 194 Å². The SMILES string of the molecule is CCOCCN(CC(C)C(=O)OC)C(=O)C=Cc1c(C)nn(Cc2ccccc2Cl)c1C. The summed E-state index contributed by atoms with van der Waals surface area (Å²) in [6.45, 7) is 9.67. The lowest BCUT2D eigenvalue weighted by atomic mass is 10.1. The Balaban J connectivity index is 2.17. The zero-order valence-corrected chi connectivity index (χ0v) is 20.2. The topological polar surface area (TPSA) is 73.7 Å². The van der Waals surface area contributed by atoms with E-state index in [2.05, 4.69) is 5.10 Å². The van der Waals surface area contributed by atoms with E-state index in [0.29, 0.717) is 31.3 Å². The average Bonchev–Trinajstić information content (AvgIpc) is 3.04. The molecule has 0 bridgehead atoms. The molecule has 8 heteroatoms. The van der Waals surface area contributed by atoms with Crippen LogP contribution in [0.5, 0.6) is 0 Å². The van der Waals surface area contributed by atoms with Gasteiger partial charge in [0.25, 0.3) is 0 Å². The van der Waals surface area contributed by atoms with Crippen molar-refractivity contribution in [2.24, 2.45) is 5.92 Å². The van der Waals surface area contributed by atoms with Crippen molar-refractivity contribution >= 4 is 29.6 Å². The molecule has 0 aliphatic rings. The highest BCUT2D eigenvalue weighted by atomic mass is 35.5. The quantitative estimate of drug-likeness (QED) is 0.288. The predicted octanol–water partition coefficient (Wildman–Crippen LogP) is 3.89. The van der Waals surface area contributed by atoms with Gasteiger partial charge in [-0.15, -0.1) is 0 Å². The first-order chi connectivity index (χ1) is 15.3. The maximum absolute atomic E-state index is 12.9. The first-order valence-electron chi connectivity index (χ1n) is 10.7. The van der Waals surface area contributed by atoms with Gasteiger partial charge in [0.1, 0.15) is 0 Å². The molecule has 0 aliphatic heterocycles. The zero-order chi connectivity index (χ0) is 23.7. The standard InChI is InChI=1S/C24H32ClN3O4/c1-6-32-14-13-27(15-17(2)24(30)31-5)23(29)12-11-21-18(3)26-28(19(21)4)16-20-9-7-8-10-22(20)25/h7-12,17H,6,13-16H2,1-5H3. The molecule has 2 rings (SSSR count). The van der Waals surface area contributed by atoms with Gasteiger partial charge >= 0.3 is 5.97 Å². The number of methoxy groups -OCH3 is 1. The first kappa shape index (κ1) is 25.6. The molecule has 0 fully saturated rings. The normalized spacial score (nSPS) is 12.2. The number of halogens is 1. The number of aromatic nitrogens is 2. The third-order valence-corrected chi connectivity index (χ3v) is 5.60. The van der Waals surface area contributed by atoms with Crippen LogP contribution < -0.4 is 0 Å². The number of esters is 1. The highest BCUT2D eigenvalue weighted by Crippen LogP contribution is 2.20. The van der Waals surface area contributed by atoms with Crippen LogP contribution in [0.1, 0.15) is 36.4 Å². The highest BCUT2D eigenvalue weighted by Gasteiger charge is 2.20. The second kappa shape index (κ2) is 12.4. The van der Waals surface area contributed by atoms with Crippen molar-refractivity contribution in [1.29, 1.82) is 0 Å². The number of carbonyl (C=O) groups is 2. The van der Waals surface area contributed by atoms with Crippen molar-refractivity contribution in [2.45, 2.75) is 34.2 Å². The lowest BCUT2D eigenvalue weighted by molar-refractivity contribution is -0.146. The third kappa shape index (κ3) is 6.93. The van der Waals surface area contributed by atoms with Crippen molar-refractivity contribution in [2.75, 3.05) is 33.4 Å². The predicted molar refractivity (Wildman–Crippen MR) is 126 cm³/mol. The van der Waals surface area contributed by atoms with E-state index in [-0.39, 0.29) is 18.4 Å². The molecule has 32 heavy (non-hydrogen) atoms. The average molecular weight is 462 g/mol. The summed E-state index contributed by atoms with van der Waals surface area (Å²) in [4.78, 5) is 26.3. The lowest BCUT2D eigenvalue weighted by Crippen LogP contribution is -2.38. The Morgan fingerprint density at radius 3 is 2.66 bits per heavy atom. The Morgan fingerprint density at radius 2 is 2.00 bits per heavy atom. The van der Waals surface area contributed by atoms with Crippen LogP contribution in [0.2, 0.25) is 5.02 Å². The summed E-state index contributed by atoms with van der Waals surface area (Å²) >= 11 is 6.29. The van der Waals surface area contributed by atoms with Crippen LogP contribution in [0.3, 0.4) is 0 Å². The van der Waals surface area contributed by atoms with Gasteiger partial charge in [-0.2, -0.15) is 5.10 Å². The Hall–Kier alpha value is -2.64. The van der Waals surface area contributed by atoms with E-state index in [1.807, 2.05) is 49.7 Å². The number of carbonyl (C=O) groups excluding carboxylic acids is 2. The summed E-state index contributed by atoms with van der Waals surface area (Å²) in [5.41, 5.74) is 3.62. The Kier molecular flexibility index (Phi) is 9.94. The molecule has 0 saturated carbocycles. The molecule has 1 amide bonds. The van der Waals surface area contributed by atoms with E-state index in [0.717, 1.165) is 22.5 Å². The van der Waals surface area contributed by atoms with Crippen LogP contribution in [0.15, 0.2) is 30.3 Å². The number of hydrogen-bond donors (Lipinski definition) is 0. The summed E-state index contributed by atoms with van der Waals surface area (Å²) in [5, 5.41) is 5.31. The van der Waals surface area contributed by atoms with Gasteiger partial charge in [0.15, 0.2) is 0 Å². The summed E-state index contributed by atoms with van der Waals surface area (Å²) in [7, 11) is 1.34. The van der Waals surface area contributed by atoms with E-state index < -0.39 is 5.92 Å². The number of nitrogens with zero attached hydrogens (tertiary/aromatic N) is 3. The number of rotatable bonds is 11. The van der Waals surface area contributed by atoms with Crippen LogP contribution in [-0.4, -0.2) is 60.0 Å². The minimum Gasteiger partial charge on any atom is -0.469 e. The molecule has 1 aromatic heterocycles. The molecule has 1 atom stereocenters. The van der Waals surface area contributed by atoms with Gasteiger partial charge in [-0.1, -0.05) is 36.7 Å². The van der Waals surface area contributed by atoms with Crippen LogP contribution >= 0.6 is 11.6 Å². The molecule has 1 aromatic carbocycles. The fourth-order valence-corrected chi connectivity index (χ4v) is 3.57. The molecule has 174 valence electrons. The number of benzene rings is 1. The molecule has 0 saturated heterocycles. The van der Waals surface area contributed by atoms with E-state index in [4.69, 9.17) is 21.1 Å². The monoisotopic (exact) mass is 461 g/mol. The molecule has 0 aliphatic carbocycles. The van der Waals surface area contributed by atoms with Gasteiger partial charge in [-0.3, -0.25) is 14.3 Å². The molecule has 7 nitrogen and oxygen atoms in total. The third-order valence-electron chi connectivity index (χ3n) is 5.23. The minimum atomic E-state index is -0.430. The van der Waals surface area contributed by atoms with Crippen LogP contribution in [0.25, 0.3) is 6.08 Å². The summed E-state index contributed by atoms with van der Waals surface area (Å²) in [6, 6.07) is 7.66. The van der Waals surface area contributed by atoms with Gasteiger partial charge in [0, 0.05) is 42.1 Å². The van der Waals surface area contributed by atoms with E-state index in [1.54, 1.807) is 17.9 Å². The van der Waals surface area contributed by atoms with Crippen molar-refractivity contribution in [3.8, 4) is 0 Å². The molecule has 0 N–H and O–H groups in total. The smallest absolute Gasteiger partial charge is 0.310 e. The first-order valence-corrected chi connectivity index (χ1v) is 11.1. The summed E-state index contributed by atoms with van der Waals surface area (Å²) in [6.07, 6.45) is 3.30. The Bertz CT molecular complexity index is 955. The van der Waals surface area contributed by atoms with Crippen LogP contribution in [0.4, 0.5) is 0 Å². The van der Waals surface area contributed by atoms with Crippen LogP contribution in [0, 0.1) is 19.8 Å². The largest absolute Gasteiger partial charge is 0.469 e. The van der Waals surface area contributed by atoms with Crippen LogP contribution in [-0.2, 0) is 25.6 Å². The van der Waals surface area contributed by atoms with E-state index in [9.17, 15) is 9.59 Å². The Morgan fingerprint density at radius 1 is 1.28 bits per heavy atom. The van der Waals surface area contributed by atoms with Crippen molar-refractivity contribution in [3.63, 3.8) is 0 Å². The van der Waals surface area contributed by atoms with Gasteiger partial charge in [-0.05, 0) is 38.5 Å². The minimum absolute atomic E-state index is 0.196. The van der Waals surface area contributed by atoms with Gasteiger partial charge in [0.2, 0.25) is 5.91 Å². The van der Waals surface area contributed by atoms with E-state index >= 15 is 0 Å². The summed E-state index contributed by atoms with van der Waals surface area (Å²) < 4.78 is 12.1. The second-order valence-electron chi connectivity index (χ2n) is 7.57. The van der Waals surface area contributed by atoms with Crippen molar-refractivity contribution < 1.29 is 19.1 Å². The lowest BCUT2D eigenvalue weighted by Gasteiger charge is -2.23. The zero-order valence-electron chi connectivity index (χ0n) is 19.4. The number of ether oxygens (including phenoxy) is 2. The number of aryl methyl sites for hydroxylation is 1. The van der Waals surface area contributed by atoms with Gasteiger partial charge < -0.3 is 14.4 Å². The maximum Gasteiger partial charge on any atom is 0.310 e. The number of amides is 1. The molecular weight excluding hydrogens is 430 g/mol. The second-order valence-corrected chi connectivity index (χ2v) is 7.98. The molecule has 1 heterocycles. The molecule has 0 radical (unpaired) electrons. The van der Waals surface area contributed by atoms with Gasteiger partial charge in [-0.25, -0.2) is 0 Å². The number of hydrogen-bond acceptors (Lipinski definition) is 5. The van der Waals surface area contributed by atoms with E-state index in [1.165, 1.54) is 13.2 Å². The highest BCUT2D eigenvalue weighted by molar-refractivity contribution is 6.31. The van der Waals surface area contributed by atoms with Crippen molar-refractivity contribution in [3.05, 3.63) is 57.9 Å². The maximum atomic E-state index is 12.9. The molecule has 1 unspecified atom stereocenters.